The van der Waals surface area contributed by atoms with E-state index in [0.717, 1.165) is 39.8 Å². The van der Waals surface area contributed by atoms with Crippen molar-refractivity contribution in [2.24, 2.45) is 0 Å². The molecule has 2 heterocycles. The molecule has 3 aromatic rings. The lowest BCUT2D eigenvalue weighted by atomic mass is 10.2. The zero-order valence-corrected chi connectivity index (χ0v) is 14.4. The fraction of sp³-hybridized carbons (Fsp3) is 0.222. The molecule has 6 nitrogen and oxygen atoms in total. The minimum atomic E-state index is -0.838. The zero-order valence-electron chi connectivity index (χ0n) is 13.6. The third-order valence-electron chi connectivity index (χ3n) is 4.33. The van der Waals surface area contributed by atoms with E-state index in [1.54, 1.807) is 11.3 Å². The number of fused-ring (bicyclic) bond motifs is 1. The summed E-state index contributed by atoms with van der Waals surface area (Å²) in [5.41, 5.74) is 3.11. The number of rotatable bonds is 3. The zero-order chi connectivity index (χ0) is 17.2. The molecule has 1 aliphatic heterocycles. The van der Waals surface area contributed by atoms with Crippen LogP contribution in [-0.2, 0) is 0 Å². The highest BCUT2D eigenvalue weighted by Crippen LogP contribution is 2.29. The van der Waals surface area contributed by atoms with Crippen molar-refractivity contribution in [1.29, 1.82) is 0 Å². The maximum absolute atomic E-state index is 11.0. The Labute approximate surface area is 149 Å². The molecule has 0 bridgehead atoms. The summed E-state index contributed by atoms with van der Waals surface area (Å²) >= 11 is 1.63. The minimum absolute atomic E-state index is 0.543. The van der Waals surface area contributed by atoms with Gasteiger partial charge < -0.3 is 20.2 Å². The van der Waals surface area contributed by atoms with Gasteiger partial charge in [0.05, 0.1) is 10.2 Å². The number of carboxylic acid groups (broad SMARTS) is 1. The van der Waals surface area contributed by atoms with Crippen molar-refractivity contribution in [1.82, 2.24) is 9.88 Å². The van der Waals surface area contributed by atoms with E-state index in [1.807, 2.05) is 30.3 Å². The number of carbonyl (C=O) groups is 1. The Morgan fingerprint density at radius 1 is 1.04 bits per heavy atom. The number of para-hydroxylation sites is 1. The van der Waals surface area contributed by atoms with Gasteiger partial charge in [-0.15, -0.1) is 0 Å². The van der Waals surface area contributed by atoms with Gasteiger partial charge in [-0.2, -0.15) is 0 Å². The number of amides is 1. The lowest BCUT2D eigenvalue weighted by Gasteiger charge is -2.34. The van der Waals surface area contributed by atoms with Crippen LogP contribution in [0.25, 0.3) is 10.2 Å². The van der Waals surface area contributed by atoms with Crippen molar-refractivity contribution >= 4 is 44.2 Å². The Morgan fingerprint density at radius 2 is 1.76 bits per heavy atom. The molecule has 1 saturated heterocycles. The van der Waals surface area contributed by atoms with Crippen molar-refractivity contribution in [3.8, 4) is 0 Å². The van der Waals surface area contributed by atoms with E-state index >= 15 is 0 Å². The Bertz CT molecular complexity index is 852. The molecule has 1 amide bonds. The first-order valence-corrected chi connectivity index (χ1v) is 8.96. The lowest BCUT2D eigenvalue weighted by Crippen LogP contribution is -2.48. The first-order valence-electron chi connectivity index (χ1n) is 8.14. The van der Waals surface area contributed by atoms with Crippen LogP contribution in [0.4, 0.5) is 21.3 Å². The standard InChI is InChI=1S/C18H18N4O2S/c23-18(24)22-11-9-21(10-12-22)14-7-5-13(6-8-14)19-17-20-15-3-1-2-4-16(15)25-17/h1-8H,9-12H2,(H,19,20)(H,23,24). The maximum Gasteiger partial charge on any atom is 0.407 e. The van der Waals surface area contributed by atoms with Crippen LogP contribution < -0.4 is 10.2 Å². The largest absolute Gasteiger partial charge is 0.465 e. The Morgan fingerprint density at radius 3 is 2.44 bits per heavy atom. The van der Waals surface area contributed by atoms with E-state index in [1.165, 1.54) is 4.90 Å². The summed E-state index contributed by atoms with van der Waals surface area (Å²) in [5.74, 6) is 0. The van der Waals surface area contributed by atoms with E-state index in [-0.39, 0.29) is 0 Å². The van der Waals surface area contributed by atoms with Crippen LogP contribution in [0, 0.1) is 0 Å². The quantitative estimate of drug-likeness (QED) is 0.748. The summed E-state index contributed by atoms with van der Waals surface area (Å²) in [7, 11) is 0. The Hall–Kier alpha value is -2.80. The summed E-state index contributed by atoms with van der Waals surface area (Å²) < 4.78 is 1.16. The van der Waals surface area contributed by atoms with Gasteiger partial charge in [-0.1, -0.05) is 23.5 Å². The molecule has 1 aromatic heterocycles. The highest BCUT2D eigenvalue weighted by atomic mass is 32.1. The van der Waals surface area contributed by atoms with Crippen molar-refractivity contribution in [2.45, 2.75) is 0 Å². The van der Waals surface area contributed by atoms with E-state index in [9.17, 15) is 4.79 Å². The number of nitrogens with one attached hydrogen (secondary N) is 1. The average molecular weight is 354 g/mol. The number of aromatic nitrogens is 1. The first-order chi connectivity index (χ1) is 12.2. The lowest BCUT2D eigenvalue weighted by molar-refractivity contribution is 0.142. The molecule has 4 rings (SSSR count). The molecule has 128 valence electrons. The van der Waals surface area contributed by atoms with Gasteiger partial charge in [0.15, 0.2) is 5.13 Å². The summed E-state index contributed by atoms with van der Waals surface area (Å²) in [6.45, 7) is 2.52. The number of anilines is 3. The topological polar surface area (TPSA) is 68.7 Å². The second-order valence-corrected chi connectivity index (χ2v) is 6.95. The number of thiazole rings is 1. The summed E-state index contributed by atoms with van der Waals surface area (Å²) in [4.78, 5) is 19.2. The normalized spacial score (nSPS) is 14.7. The van der Waals surface area contributed by atoms with Gasteiger partial charge in [0.1, 0.15) is 0 Å². The van der Waals surface area contributed by atoms with Crippen molar-refractivity contribution in [3.63, 3.8) is 0 Å². The maximum atomic E-state index is 11.0. The Kier molecular flexibility index (Phi) is 4.15. The van der Waals surface area contributed by atoms with Crippen LogP contribution in [-0.4, -0.2) is 47.3 Å². The second-order valence-electron chi connectivity index (χ2n) is 5.92. The number of benzene rings is 2. The van der Waals surface area contributed by atoms with Crippen molar-refractivity contribution < 1.29 is 9.90 Å². The van der Waals surface area contributed by atoms with E-state index < -0.39 is 6.09 Å². The number of hydrogen-bond donors (Lipinski definition) is 2. The molecule has 7 heteroatoms. The van der Waals surface area contributed by atoms with Gasteiger partial charge in [-0.05, 0) is 36.4 Å². The van der Waals surface area contributed by atoms with Gasteiger partial charge in [0.2, 0.25) is 0 Å². The molecule has 1 aliphatic rings. The number of piperazine rings is 1. The van der Waals surface area contributed by atoms with Crippen LogP contribution in [0.1, 0.15) is 0 Å². The summed E-state index contributed by atoms with van der Waals surface area (Å²) in [6.07, 6.45) is -0.838. The van der Waals surface area contributed by atoms with Crippen molar-refractivity contribution in [3.05, 3.63) is 48.5 Å². The van der Waals surface area contributed by atoms with Gasteiger partial charge in [-0.3, -0.25) is 0 Å². The molecule has 0 spiro atoms. The van der Waals surface area contributed by atoms with E-state index in [2.05, 4.69) is 33.4 Å². The van der Waals surface area contributed by atoms with E-state index in [4.69, 9.17) is 5.11 Å². The fourth-order valence-corrected chi connectivity index (χ4v) is 3.85. The molecular formula is C18H18N4O2S. The van der Waals surface area contributed by atoms with Gasteiger partial charge >= 0.3 is 6.09 Å². The third kappa shape index (κ3) is 3.36. The number of hydrogen-bond acceptors (Lipinski definition) is 5. The highest BCUT2D eigenvalue weighted by Gasteiger charge is 2.20. The van der Waals surface area contributed by atoms with Crippen LogP contribution in [0.15, 0.2) is 48.5 Å². The molecule has 0 unspecified atom stereocenters. The molecule has 25 heavy (non-hydrogen) atoms. The average Bonchev–Trinajstić information content (AvgIpc) is 3.05. The second kappa shape index (κ2) is 6.60. The first kappa shape index (κ1) is 15.7. The minimum Gasteiger partial charge on any atom is -0.465 e. The number of nitrogens with zero attached hydrogens (tertiary/aromatic N) is 3. The molecule has 0 radical (unpaired) electrons. The highest BCUT2D eigenvalue weighted by molar-refractivity contribution is 7.22. The van der Waals surface area contributed by atoms with Crippen LogP contribution in [0.5, 0.6) is 0 Å². The van der Waals surface area contributed by atoms with Crippen LogP contribution >= 0.6 is 11.3 Å². The molecule has 0 saturated carbocycles. The predicted molar refractivity (Wildman–Crippen MR) is 101 cm³/mol. The summed E-state index contributed by atoms with van der Waals surface area (Å²) in [6, 6.07) is 16.3. The van der Waals surface area contributed by atoms with Gasteiger partial charge in [0, 0.05) is 37.6 Å². The Balaban J connectivity index is 1.42. The van der Waals surface area contributed by atoms with Gasteiger partial charge in [-0.25, -0.2) is 9.78 Å². The smallest absolute Gasteiger partial charge is 0.407 e. The molecule has 0 atom stereocenters. The third-order valence-corrected chi connectivity index (χ3v) is 5.28. The van der Waals surface area contributed by atoms with E-state index in [0.29, 0.717) is 13.1 Å². The molecule has 2 N–H and O–H groups in total. The van der Waals surface area contributed by atoms with Gasteiger partial charge in [0.25, 0.3) is 0 Å². The molecule has 0 aliphatic carbocycles. The molecule has 1 fully saturated rings. The van der Waals surface area contributed by atoms with Crippen molar-refractivity contribution in [2.75, 3.05) is 36.4 Å². The SMILES string of the molecule is O=C(O)N1CCN(c2ccc(Nc3nc4ccccc4s3)cc2)CC1. The molecular weight excluding hydrogens is 336 g/mol. The predicted octanol–water partition coefficient (Wildman–Crippen LogP) is 3.84. The fourth-order valence-electron chi connectivity index (χ4n) is 2.96. The van der Waals surface area contributed by atoms with Crippen LogP contribution in [0.2, 0.25) is 0 Å². The molecule has 2 aromatic carbocycles. The monoisotopic (exact) mass is 354 g/mol. The van der Waals surface area contributed by atoms with Crippen LogP contribution in [0.3, 0.4) is 0 Å². The summed E-state index contributed by atoms with van der Waals surface area (Å²) in [5, 5.41) is 13.2.